The van der Waals surface area contributed by atoms with Crippen molar-refractivity contribution >= 4 is 24.0 Å². The van der Waals surface area contributed by atoms with Crippen molar-refractivity contribution in [3.05, 3.63) is 168 Å². The molecular weight excluding hydrogens is 1290 g/mol. The number of piperidine rings is 3. The largest absolute Gasteiger partial charge is 0.471 e. The highest BCUT2D eigenvalue weighted by atomic mass is 19.4. The molecule has 0 spiro atoms. The maximum absolute atomic E-state index is 13.0. The first kappa shape index (κ1) is 69.0. The van der Waals surface area contributed by atoms with E-state index < -0.39 is 35.7 Å². The van der Waals surface area contributed by atoms with Gasteiger partial charge in [-0.25, -0.2) is 9.59 Å². The van der Waals surface area contributed by atoms with E-state index in [4.69, 9.17) is 28.0 Å². The average Bonchev–Trinajstić information content (AvgIpc) is 1.58. The van der Waals surface area contributed by atoms with Gasteiger partial charge >= 0.3 is 36.4 Å². The van der Waals surface area contributed by atoms with Crippen LogP contribution in [0.25, 0.3) is 0 Å². The lowest BCUT2D eigenvalue weighted by atomic mass is 9.96. The molecule has 2 N–H and O–H groups in total. The number of hydrogen-bond acceptors (Lipinski definition) is 17. The van der Waals surface area contributed by atoms with E-state index >= 15 is 0 Å². The molecular formula is C72H84F6N12O9. The van der Waals surface area contributed by atoms with Crippen LogP contribution in [0.3, 0.4) is 0 Å². The van der Waals surface area contributed by atoms with Crippen molar-refractivity contribution in [2.75, 3.05) is 72.1 Å². The Morgan fingerprint density at radius 2 is 0.879 bits per heavy atom. The Kier molecular flexibility index (Phi) is 20.2. The Morgan fingerprint density at radius 1 is 0.525 bits per heavy atom. The van der Waals surface area contributed by atoms with Gasteiger partial charge in [0.1, 0.15) is 13.2 Å². The second-order valence-electron chi connectivity index (χ2n) is 28.2. The molecule has 0 bridgehead atoms. The van der Waals surface area contributed by atoms with E-state index in [2.05, 4.69) is 110 Å². The first-order valence-electron chi connectivity index (χ1n) is 34.7. The first-order valence-corrected chi connectivity index (χ1v) is 34.7. The maximum atomic E-state index is 13.0. The molecule has 0 radical (unpaired) electrons. The molecule has 6 atom stereocenters. The lowest BCUT2D eigenvalue weighted by Gasteiger charge is -2.30. The van der Waals surface area contributed by atoms with Crippen LogP contribution in [0.15, 0.2) is 130 Å². The maximum Gasteiger partial charge on any atom is 0.471 e. The number of rotatable bonds is 22. The second-order valence-corrected chi connectivity index (χ2v) is 28.2. The molecule has 27 heteroatoms. The number of amides is 4. The molecule has 6 aromatic rings. The van der Waals surface area contributed by atoms with Crippen LogP contribution >= 0.6 is 0 Å². The molecule has 6 aliphatic carbocycles. The molecule has 15 rings (SSSR count). The number of nitrogens with one attached hydrogen (secondary N) is 2. The number of halogens is 6. The number of alkyl halides is 6. The summed E-state index contributed by atoms with van der Waals surface area (Å²) < 4.78 is 104. The van der Waals surface area contributed by atoms with Gasteiger partial charge in [-0.1, -0.05) is 132 Å². The van der Waals surface area contributed by atoms with Crippen molar-refractivity contribution in [2.45, 2.75) is 179 Å². The lowest BCUT2D eigenvalue weighted by Crippen LogP contribution is -2.45. The van der Waals surface area contributed by atoms with Crippen LogP contribution in [0.2, 0.25) is 0 Å². The molecule has 3 aromatic heterocycles. The summed E-state index contributed by atoms with van der Waals surface area (Å²) in [6.07, 6.45) is 4.67. The third-order valence-corrected chi connectivity index (χ3v) is 21.3. The summed E-state index contributed by atoms with van der Waals surface area (Å²) in [5.41, 5.74) is 3.06. The van der Waals surface area contributed by atoms with Gasteiger partial charge in [0.05, 0.1) is 10.8 Å². The zero-order valence-corrected chi connectivity index (χ0v) is 55.2. The van der Waals surface area contributed by atoms with Gasteiger partial charge in [-0.2, -0.15) is 41.3 Å². The van der Waals surface area contributed by atoms with E-state index in [1.54, 1.807) is 11.0 Å². The molecule has 6 saturated carbocycles. The number of benzene rings is 3. The Labute approximate surface area is 569 Å². The van der Waals surface area contributed by atoms with Crippen LogP contribution in [0.1, 0.15) is 184 Å². The lowest BCUT2D eigenvalue weighted by molar-refractivity contribution is -0.186. The number of hydrogen-bond donors (Lipinski definition) is 2. The topological polar surface area (TPSA) is 241 Å². The minimum Gasteiger partial charge on any atom is -0.445 e. The molecule has 3 aliphatic heterocycles. The van der Waals surface area contributed by atoms with Gasteiger partial charge in [-0.3, -0.25) is 9.59 Å². The summed E-state index contributed by atoms with van der Waals surface area (Å²) >= 11 is 0. The van der Waals surface area contributed by atoms with E-state index in [1.165, 1.54) is 22.8 Å². The highest BCUT2D eigenvalue weighted by Gasteiger charge is 2.58. The van der Waals surface area contributed by atoms with E-state index in [-0.39, 0.29) is 86.2 Å². The van der Waals surface area contributed by atoms with Crippen molar-refractivity contribution in [3.8, 4) is 0 Å². The minimum atomic E-state index is -4.87. The number of nitrogens with zero attached hydrogens (tertiary/aromatic N) is 10. The Morgan fingerprint density at radius 3 is 1.23 bits per heavy atom. The second kappa shape index (κ2) is 29.0. The first-order chi connectivity index (χ1) is 47.8. The molecule has 6 heterocycles. The number of aromatic nitrogens is 6. The van der Waals surface area contributed by atoms with Crippen LogP contribution in [0, 0.1) is 0 Å². The highest BCUT2D eigenvalue weighted by molar-refractivity contribution is 5.82. The molecule has 99 heavy (non-hydrogen) atoms. The molecule has 21 nitrogen and oxygen atoms in total. The van der Waals surface area contributed by atoms with Crippen LogP contribution in [0.5, 0.6) is 0 Å². The predicted molar refractivity (Wildman–Crippen MR) is 347 cm³/mol. The van der Waals surface area contributed by atoms with Crippen molar-refractivity contribution in [3.63, 3.8) is 0 Å². The Hall–Kier alpha value is -8.46. The van der Waals surface area contributed by atoms with Gasteiger partial charge in [-0.05, 0) is 126 Å². The molecule has 3 unspecified atom stereocenters. The number of ether oxygens (including phenoxy) is 2. The summed E-state index contributed by atoms with van der Waals surface area (Å²) in [4.78, 5) is 68.2. The van der Waals surface area contributed by atoms with Crippen LogP contribution in [0.4, 0.5) is 35.9 Å². The average molecular weight is 1380 g/mol. The molecule has 3 aromatic carbocycles. The SMILES string of the molecule is C=CCOC(=O)N(CC1(c2noc(C3CCN(C(=O)C(F)(F)F)CC3)n2)CC1)[C@H]1CC1c1ccccc1.C=CCOC(=O)N(CC1(c2noc(C3CCNCC3)n2)CC1)[C@H]1CC1c1ccccc1.O=C(N1CCC(c2nc(C3(CN[C@H]4CC4c4ccccc4)CC3)no2)CC1)C(F)(F)F. The smallest absolute Gasteiger partial charge is 0.445 e. The third kappa shape index (κ3) is 16.2. The molecule has 9 aliphatic rings. The fraction of sp³-hybridized carbons (Fsp3) is 0.556. The molecule has 9 fully saturated rings. The van der Waals surface area contributed by atoms with E-state index in [0.717, 1.165) is 112 Å². The zero-order valence-electron chi connectivity index (χ0n) is 55.2. The summed E-state index contributed by atoms with van der Waals surface area (Å²) in [6, 6.07) is 31.6. The summed E-state index contributed by atoms with van der Waals surface area (Å²) in [7, 11) is 0. The number of carbonyl (C=O) groups excluding carboxylic acids is 4. The van der Waals surface area contributed by atoms with Crippen molar-refractivity contribution in [1.82, 2.24) is 60.7 Å². The quantitative estimate of drug-likeness (QED) is 0.0474. The molecule has 3 saturated heterocycles. The molecule has 4 amide bonds. The Balaban J connectivity index is 0.000000134. The van der Waals surface area contributed by atoms with Gasteiger partial charge in [0.15, 0.2) is 17.5 Å². The highest BCUT2D eigenvalue weighted by Crippen LogP contribution is 2.54. The summed E-state index contributed by atoms with van der Waals surface area (Å²) in [5.74, 6) is 1.13. The monoisotopic (exact) mass is 1370 g/mol. The van der Waals surface area contributed by atoms with Crippen molar-refractivity contribution in [2.24, 2.45) is 0 Å². The standard InChI is InChI=1S/C26H29F3N4O4.C24H30N4O3.C22H25F3N4O2/c1-2-14-36-24(35)33(20-15-19(20)17-6-4-3-5-7-17)16-25(10-11-25)22-30-21(37-31-22)18-8-12-32(13-9-18)23(34)26(27,28)29;1-2-14-30-23(29)28(20-15-19(20)17-6-4-3-5-7-17)16-24(10-11-24)22-26-21(31-27-22)18-8-12-25-13-9-18;23-22(24,25)20(30)29-10-6-15(7-11-29)18-27-19(28-31-18)21(8-9-21)13-26-17-12-16(17)14-4-2-1-3-5-14/h2-7,18-20H,1,8-16H2;2-7,18-20,25H,1,8-16H2;1-5,15-17,26H,6-13H2/t2*19?,20-;16?,17-/m000/s1. The summed E-state index contributed by atoms with van der Waals surface area (Å²) in [6.45, 7) is 11.4. The fourth-order valence-corrected chi connectivity index (χ4v) is 14.5. The van der Waals surface area contributed by atoms with Crippen molar-refractivity contribution < 1.29 is 68.6 Å². The van der Waals surface area contributed by atoms with Crippen LogP contribution < -0.4 is 10.6 Å². The Bertz CT molecular complexity index is 3760. The van der Waals surface area contributed by atoms with E-state index in [0.29, 0.717) is 86.0 Å². The van der Waals surface area contributed by atoms with Gasteiger partial charge in [-0.15, -0.1) is 0 Å². The van der Waals surface area contributed by atoms with Crippen LogP contribution in [-0.2, 0) is 35.3 Å². The normalized spacial score (nSPS) is 24.1. The third-order valence-electron chi connectivity index (χ3n) is 21.3. The number of carbonyl (C=O) groups is 4. The summed E-state index contributed by atoms with van der Waals surface area (Å²) in [5, 5.41) is 19.8. The van der Waals surface area contributed by atoms with Crippen LogP contribution in [-0.4, -0.2) is 177 Å². The van der Waals surface area contributed by atoms with Gasteiger partial charge in [0.2, 0.25) is 17.7 Å². The van der Waals surface area contributed by atoms with E-state index in [1.807, 2.05) is 35.2 Å². The van der Waals surface area contributed by atoms with Gasteiger partial charge < -0.3 is 53.3 Å². The van der Waals surface area contributed by atoms with E-state index in [9.17, 15) is 45.5 Å². The number of likely N-dealkylation sites (tertiary alicyclic amines) is 2. The van der Waals surface area contributed by atoms with Gasteiger partial charge in [0.25, 0.3) is 0 Å². The minimum absolute atomic E-state index is 0.0130. The fourth-order valence-electron chi connectivity index (χ4n) is 14.5. The zero-order chi connectivity index (χ0) is 69.1. The van der Waals surface area contributed by atoms with Crippen molar-refractivity contribution in [1.29, 1.82) is 0 Å². The predicted octanol–water partition coefficient (Wildman–Crippen LogP) is 11.8. The van der Waals surface area contributed by atoms with Gasteiger partial charge in [0, 0.05) is 105 Å². The molecule has 528 valence electrons.